The number of rotatable bonds is 3. The van der Waals surface area contributed by atoms with E-state index in [9.17, 15) is 5.11 Å². The van der Waals surface area contributed by atoms with Crippen molar-refractivity contribution in [2.24, 2.45) is 0 Å². The summed E-state index contributed by atoms with van der Waals surface area (Å²) in [4.78, 5) is 8.70. The van der Waals surface area contributed by atoms with Crippen molar-refractivity contribution in [1.29, 1.82) is 0 Å². The van der Waals surface area contributed by atoms with Crippen LogP contribution in [0.1, 0.15) is 25.6 Å². The zero-order chi connectivity index (χ0) is 17.1. The molecule has 2 aliphatic heterocycles. The van der Waals surface area contributed by atoms with Crippen LogP contribution in [0.5, 0.6) is 0 Å². The Morgan fingerprint density at radius 2 is 2.12 bits per heavy atom. The highest BCUT2D eigenvalue weighted by Gasteiger charge is 2.56. The molecule has 0 spiro atoms. The van der Waals surface area contributed by atoms with Gasteiger partial charge in [0.1, 0.15) is 29.4 Å². The van der Waals surface area contributed by atoms with Crippen LogP contribution < -0.4 is 0 Å². The number of aromatic nitrogens is 4. The molecule has 130 valence electrons. The van der Waals surface area contributed by atoms with Gasteiger partial charge in [0.2, 0.25) is 5.16 Å². The summed E-state index contributed by atoms with van der Waals surface area (Å²) in [6, 6.07) is 0. The molecule has 0 aliphatic carbocycles. The second-order valence-electron chi connectivity index (χ2n) is 6.18. The van der Waals surface area contributed by atoms with Crippen molar-refractivity contribution in [1.82, 2.24) is 19.6 Å². The number of hydrogen-bond donors (Lipinski definition) is 2. The van der Waals surface area contributed by atoms with Crippen molar-refractivity contribution in [2.45, 2.75) is 54.2 Å². The van der Waals surface area contributed by atoms with Crippen LogP contribution >= 0.6 is 24.4 Å². The Morgan fingerprint density at radius 3 is 2.83 bits per heavy atom. The molecule has 0 bridgehead atoms. The van der Waals surface area contributed by atoms with Gasteiger partial charge in [-0.25, -0.2) is 14.5 Å². The lowest BCUT2D eigenvalue weighted by atomic mass is 10.1. The summed E-state index contributed by atoms with van der Waals surface area (Å²) < 4.78 is 19.6. The number of ether oxygens (including phenoxy) is 3. The fourth-order valence-corrected chi connectivity index (χ4v) is 4.02. The zero-order valence-corrected chi connectivity index (χ0v) is 15.1. The van der Waals surface area contributed by atoms with Crippen LogP contribution in [-0.2, 0) is 14.2 Å². The molecule has 1 N–H and O–H groups in total. The summed E-state index contributed by atoms with van der Waals surface area (Å²) >= 11 is 5.74. The number of aliphatic hydroxyl groups is 1. The molecular weight excluding hydrogens is 352 g/mol. The fraction of sp³-hybridized carbons (Fsp3) is 0.643. The fourth-order valence-electron chi connectivity index (χ4n) is 3.26. The molecule has 4 heterocycles. The summed E-state index contributed by atoms with van der Waals surface area (Å²) in [5.74, 6) is -0.723. The van der Waals surface area contributed by atoms with Crippen molar-refractivity contribution < 1.29 is 19.3 Å². The monoisotopic (exact) mass is 370 g/mol. The summed E-state index contributed by atoms with van der Waals surface area (Å²) in [5.41, 5.74) is 1.37. The summed E-state index contributed by atoms with van der Waals surface area (Å²) in [5, 5.41) is 15.0. The highest BCUT2D eigenvalue weighted by Crippen LogP contribution is 2.45. The number of aliphatic hydroxyl groups excluding tert-OH is 1. The van der Waals surface area contributed by atoms with Crippen LogP contribution in [0.4, 0.5) is 0 Å². The third kappa shape index (κ3) is 2.52. The number of hydrogen-bond acceptors (Lipinski definition) is 9. The lowest BCUT2D eigenvalue weighted by molar-refractivity contribution is -0.191. The third-order valence-corrected chi connectivity index (χ3v) is 5.01. The Bertz CT molecular complexity index is 783. The summed E-state index contributed by atoms with van der Waals surface area (Å²) in [6.45, 7) is 3.56. The smallest absolute Gasteiger partial charge is 0.205 e. The minimum Gasteiger partial charge on any atom is -0.394 e. The highest BCUT2D eigenvalue weighted by atomic mass is 32.2. The molecule has 0 saturated carbocycles. The molecule has 2 aromatic heterocycles. The van der Waals surface area contributed by atoms with E-state index in [1.165, 1.54) is 11.8 Å². The predicted molar refractivity (Wildman–Crippen MR) is 88.3 cm³/mol. The molecule has 2 aliphatic rings. The molecule has 0 unspecified atom stereocenters. The molecule has 0 amide bonds. The lowest BCUT2D eigenvalue weighted by Crippen LogP contribution is -2.31. The maximum Gasteiger partial charge on any atom is 0.205 e. The molecule has 2 fully saturated rings. The number of imidazole rings is 1. The van der Waals surface area contributed by atoms with Gasteiger partial charge in [0.05, 0.1) is 18.5 Å². The molecule has 2 saturated heterocycles. The van der Waals surface area contributed by atoms with E-state index in [0.717, 1.165) is 10.7 Å². The van der Waals surface area contributed by atoms with E-state index in [0.29, 0.717) is 10.8 Å². The van der Waals surface area contributed by atoms with Crippen LogP contribution in [0.15, 0.2) is 16.4 Å². The van der Waals surface area contributed by atoms with Gasteiger partial charge in [0, 0.05) is 0 Å². The van der Waals surface area contributed by atoms with Gasteiger partial charge < -0.3 is 19.3 Å². The minimum atomic E-state index is -0.723. The molecule has 8 nitrogen and oxygen atoms in total. The maximum absolute atomic E-state index is 9.61. The number of nitrogens with zero attached hydrogens (tertiary/aromatic N) is 4. The van der Waals surface area contributed by atoms with Gasteiger partial charge >= 0.3 is 0 Å². The van der Waals surface area contributed by atoms with E-state index in [-0.39, 0.29) is 18.8 Å². The third-order valence-electron chi connectivity index (χ3n) is 4.16. The maximum atomic E-state index is 9.61. The summed E-state index contributed by atoms with van der Waals surface area (Å²) in [6.07, 6.45) is 2.05. The van der Waals surface area contributed by atoms with E-state index in [4.69, 9.17) is 14.2 Å². The standard InChI is InChI=1S/C14H18N4O4S2/c1-14(2)21-9-7(5-19)20-8(10(9)22-14)6-4-15-11-12(24-3)16-13(23)17-18(6)11/h4,7-10,19H,5H2,1-3H3,(H,17,23)/t7-,8+,9-,10+/m1/s1. The largest absolute Gasteiger partial charge is 0.394 e. The Labute approximate surface area is 148 Å². The van der Waals surface area contributed by atoms with Crippen molar-refractivity contribution >= 4 is 30.0 Å². The van der Waals surface area contributed by atoms with Crippen LogP contribution in [0.2, 0.25) is 0 Å². The van der Waals surface area contributed by atoms with Crippen molar-refractivity contribution in [2.75, 3.05) is 12.9 Å². The SMILES string of the molecule is CSc1nc(S)nn2c([C@@H]3O[C@H](CO)[C@H]4OC(C)(C)O[C@H]43)cnc12. The van der Waals surface area contributed by atoms with E-state index < -0.39 is 18.0 Å². The predicted octanol–water partition coefficient (Wildman–Crippen LogP) is 1.09. The average Bonchev–Trinajstić information content (AvgIpc) is 3.16. The normalized spacial score (nSPS) is 31.7. The first-order chi connectivity index (χ1) is 11.4. The topological polar surface area (TPSA) is 91.0 Å². The van der Waals surface area contributed by atoms with Crippen LogP contribution in [0.25, 0.3) is 5.65 Å². The minimum absolute atomic E-state index is 0.142. The molecule has 10 heteroatoms. The molecule has 0 radical (unpaired) electrons. The van der Waals surface area contributed by atoms with Gasteiger partial charge in [0.25, 0.3) is 0 Å². The van der Waals surface area contributed by atoms with Gasteiger partial charge in [-0.2, -0.15) is 0 Å². The first-order valence-corrected chi connectivity index (χ1v) is 9.21. The van der Waals surface area contributed by atoms with Crippen molar-refractivity contribution in [3.8, 4) is 0 Å². The Balaban J connectivity index is 1.79. The molecule has 4 rings (SSSR count). The van der Waals surface area contributed by atoms with Crippen LogP contribution in [0.3, 0.4) is 0 Å². The van der Waals surface area contributed by atoms with Gasteiger partial charge in [-0.05, 0) is 20.1 Å². The van der Waals surface area contributed by atoms with Gasteiger partial charge in [-0.3, -0.25) is 0 Å². The van der Waals surface area contributed by atoms with E-state index >= 15 is 0 Å². The van der Waals surface area contributed by atoms with Gasteiger partial charge in [-0.1, -0.05) is 0 Å². The Kier molecular flexibility index (Phi) is 4.01. The number of fused-ring (bicyclic) bond motifs is 2. The Morgan fingerprint density at radius 1 is 1.38 bits per heavy atom. The van der Waals surface area contributed by atoms with Crippen LogP contribution in [-0.4, -0.2) is 61.7 Å². The first-order valence-electron chi connectivity index (χ1n) is 7.54. The highest BCUT2D eigenvalue weighted by molar-refractivity contribution is 7.98. The number of thiol groups is 1. The Hall–Kier alpha value is -0.910. The van der Waals surface area contributed by atoms with Gasteiger partial charge in [0.15, 0.2) is 11.4 Å². The quantitative estimate of drug-likeness (QED) is 0.613. The number of thioether (sulfide) groups is 1. The molecular formula is C14H18N4O4S2. The average molecular weight is 370 g/mol. The molecule has 2 aromatic rings. The summed E-state index contributed by atoms with van der Waals surface area (Å²) in [7, 11) is 0. The van der Waals surface area contributed by atoms with E-state index in [2.05, 4.69) is 27.7 Å². The first kappa shape index (κ1) is 16.6. The zero-order valence-electron chi connectivity index (χ0n) is 13.4. The van der Waals surface area contributed by atoms with E-state index in [1.807, 2.05) is 20.1 Å². The molecule has 24 heavy (non-hydrogen) atoms. The van der Waals surface area contributed by atoms with E-state index in [1.54, 1.807) is 10.7 Å². The second-order valence-corrected chi connectivity index (χ2v) is 7.38. The van der Waals surface area contributed by atoms with Crippen molar-refractivity contribution in [3.63, 3.8) is 0 Å². The second kappa shape index (κ2) is 5.82. The molecule has 4 atom stereocenters. The van der Waals surface area contributed by atoms with Crippen LogP contribution in [0, 0.1) is 0 Å². The lowest BCUT2D eigenvalue weighted by Gasteiger charge is -2.23. The molecule has 0 aromatic carbocycles. The van der Waals surface area contributed by atoms with Gasteiger partial charge in [-0.15, -0.1) is 29.5 Å². The van der Waals surface area contributed by atoms with Crippen molar-refractivity contribution in [3.05, 3.63) is 11.9 Å².